The van der Waals surface area contributed by atoms with Gasteiger partial charge in [-0.05, 0) is 18.4 Å². The van der Waals surface area contributed by atoms with Gasteiger partial charge in [-0.25, -0.2) is 0 Å². The topological polar surface area (TPSA) is 23.2 Å². The molecule has 1 aromatic rings. The van der Waals surface area contributed by atoms with E-state index in [4.69, 9.17) is 0 Å². The summed E-state index contributed by atoms with van der Waals surface area (Å²) in [4.78, 5) is 2.41. The Hall–Kier alpha value is -0.860. The van der Waals surface area contributed by atoms with Crippen molar-refractivity contribution in [3.8, 4) is 0 Å². The Balaban J connectivity index is 1.96. The monoisotopic (exact) mass is 219 g/mol. The molecule has 0 bridgehead atoms. The van der Waals surface area contributed by atoms with E-state index in [-0.39, 0.29) is 6.10 Å². The first-order chi connectivity index (χ1) is 7.77. The lowest BCUT2D eigenvalue weighted by Crippen LogP contribution is -2.18. The van der Waals surface area contributed by atoms with Crippen LogP contribution in [0.25, 0.3) is 0 Å². The second kappa shape index (κ2) is 4.98. The fourth-order valence-electron chi connectivity index (χ4n) is 2.57. The maximum absolute atomic E-state index is 9.91. The summed E-state index contributed by atoms with van der Waals surface area (Å²) >= 11 is 0. The van der Waals surface area contributed by atoms with Crippen LogP contribution < -0.4 is 0 Å². The fourth-order valence-corrected chi connectivity index (χ4v) is 2.57. The normalized spacial score (nSPS) is 30.1. The van der Waals surface area contributed by atoms with Crippen LogP contribution >= 0.6 is 0 Å². The molecule has 0 amide bonds. The molecule has 16 heavy (non-hydrogen) atoms. The minimum atomic E-state index is -0.159. The SMILES string of the molecule is CC[C@@H](O)[C@@H]1[C@@H](CC)N1Cc1ccccc1. The Morgan fingerprint density at radius 3 is 2.50 bits per heavy atom. The molecule has 1 N–H and O–H groups in total. The molecule has 2 rings (SSSR count). The molecule has 0 spiro atoms. The number of nitrogens with zero attached hydrogens (tertiary/aromatic N) is 1. The van der Waals surface area contributed by atoms with Gasteiger partial charge in [-0.3, -0.25) is 4.90 Å². The predicted octanol–water partition coefficient (Wildman–Crippen LogP) is 2.42. The highest BCUT2D eigenvalue weighted by Crippen LogP contribution is 2.36. The van der Waals surface area contributed by atoms with Crippen LogP contribution in [0.2, 0.25) is 0 Å². The maximum Gasteiger partial charge on any atom is 0.0708 e. The minimum Gasteiger partial charge on any atom is -0.391 e. The third-order valence-corrected chi connectivity index (χ3v) is 3.55. The lowest BCUT2D eigenvalue weighted by Gasteiger charge is -2.07. The molecule has 0 radical (unpaired) electrons. The van der Waals surface area contributed by atoms with Crippen molar-refractivity contribution in [2.75, 3.05) is 0 Å². The zero-order valence-corrected chi connectivity index (χ0v) is 10.1. The second-order valence-corrected chi connectivity index (χ2v) is 4.60. The lowest BCUT2D eigenvalue weighted by molar-refractivity contribution is 0.150. The molecule has 1 saturated heterocycles. The first-order valence-corrected chi connectivity index (χ1v) is 6.25. The van der Waals surface area contributed by atoms with Crippen molar-refractivity contribution in [1.29, 1.82) is 0 Å². The number of benzene rings is 1. The third kappa shape index (κ3) is 2.28. The average Bonchev–Trinajstić information content (AvgIpc) is 3.02. The molecule has 1 aromatic carbocycles. The average molecular weight is 219 g/mol. The molecule has 1 heterocycles. The van der Waals surface area contributed by atoms with Crippen molar-refractivity contribution in [1.82, 2.24) is 4.90 Å². The molecule has 88 valence electrons. The van der Waals surface area contributed by atoms with E-state index in [1.165, 1.54) is 5.56 Å². The number of aliphatic hydroxyl groups is 1. The molecular formula is C14H21NO. The van der Waals surface area contributed by atoms with E-state index in [9.17, 15) is 5.11 Å². The largest absolute Gasteiger partial charge is 0.391 e. The molecular weight excluding hydrogens is 198 g/mol. The number of hydrogen-bond acceptors (Lipinski definition) is 2. The van der Waals surface area contributed by atoms with Crippen molar-refractivity contribution >= 4 is 0 Å². The smallest absolute Gasteiger partial charge is 0.0708 e. The van der Waals surface area contributed by atoms with Gasteiger partial charge in [0.2, 0.25) is 0 Å². The zero-order chi connectivity index (χ0) is 11.5. The van der Waals surface area contributed by atoms with Gasteiger partial charge in [0.1, 0.15) is 0 Å². The predicted molar refractivity (Wildman–Crippen MR) is 66.1 cm³/mol. The van der Waals surface area contributed by atoms with Crippen LogP contribution in [0.4, 0.5) is 0 Å². The Labute approximate surface area is 97.9 Å². The highest BCUT2D eigenvalue weighted by Gasteiger charge is 2.49. The van der Waals surface area contributed by atoms with Gasteiger partial charge >= 0.3 is 0 Å². The molecule has 0 saturated carbocycles. The molecule has 1 aliphatic rings. The van der Waals surface area contributed by atoms with E-state index in [0.717, 1.165) is 19.4 Å². The molecule has 4 atom stereocenters. The number of rotatable bonds is 5. The van der Waals surface area contributed by atoms with Gasteiger partial charge in [-0.15, -0.1) is 0 Å². The van der Waals surface area contributed by atoms with Crippen LogP contribution in [0.1, 0.15) is 32.3 Å². The van der Waals surface area contributed by atoms with Crippen LogP contribution in [0.15, 0.2) is 30.3 Å². The van der Waals surface area contributed by atoms with E-state index in [1.807, 2.05) is 6.07 Å². The molecule has 0 aliphatic carbocycles. The molecule has 1 fully saturated rings. The Morgan fingerprint density at radius 2 is 1.94 bits per heavy atom. The van der Waals surface area contributed by atoms with Gasteiger partial charge in [0, 0.05) is 12.6 Å². The van der Waals surface area contributed by atoms with Crippen molar-refractivity contribution < 1.29 is 5.11 Å². The highest BCUT2D eigenvalue weighted by atomic mass is 16.3. The van der Waals surface area contributed by atoms with Crippen LogP contribution in [0.5, 0.6) is 0 Å². The van der Waals surface area contributed by atoms with Crippen molar-refractivity contribution in [3.05, 3.63) is 35.9 Å². The summed E-state index contributed by atoms with van der Waals surface area (Å²) in [5.41, 5.74) is 1.34. The molecule has 2 nitrogen and oxygen atoms in total. The first-order valence-electron chi connectivity index (χ1n) is 6.25. The van der Waals surface area contributed by atoms with Crippen LogP contribution in [-0.4, -0.2) is 28.2 Å². The van der Waals surface area contributed by atoms with Gasteiger partial charge in [-0.1, -0.05) is 44.2 Å². The van der Waals surface area contributed by atoms with Crippen LogP contribution in [0, 0.1) is 0 Å². The van der Waals surface area contributed by atoms with E-state index in [2.05, 4.69) is 43.0 Å². The van der Waals surface area contributed by atoms with Gasteiger partial charge in [0.25, 0.3) is 0 Å². The Bertz CT molecular complexity index is 325. The molecule has 1 aliphatic heterocycles. The van der Waals surface area contributed by atoms with Crippen LogP contribution in [0.3, 0.4) is 0 Å². The van der Waals surface area contributed by atoms with Crippen LogP contribution in [-0.2, 0) is 6.54 Å². The van der Waals surface area contributed by atoms with Gasteiger partial charge in [0.05, 0.1) is 12.1 Å². The Kier molecular flexibility index (Phi) is 3.62. The summed E-state index contributed by atoms with van der Waals surface area (Å²) in [5, 5.41) is 9.91. The lowest BCUT2D eigenvalue weighted by atomic mass is 10.1. The first kappa shape index (κ1) is 11.6. The van der Waals surface area contributed by atoms with E-state index in [0.29, 0.717) is 12.1 Å². The quantitative estimate of drug-likeness (QED) is 0.769. The fraction of sp³-hybridized carbons (Fsp3) is 0.571. The second-order valence-electron chi connectivity index (χ2n) is 4.60. The molecule has 0 aromatic heterocycles. The summed E-state index contributed by atoms with van der Waals surface area (Å²) in [6.07, 6.45) is 1.83. The van der Waals surface area contributed by atoms with Gasteiger partial charge in [-0.2, -0.15) is 0 Å². The summed E-state index contributed by atoms with van der Waals surface area (Å²) in [5.74, 6) is 0. The summed E-state index contributed by atoms with van der Waals surface area (Å²) in [6, 6.07) is 11.5. The molecule has 2 heteroatoms. The van der Waals surface area contributed by atoms with E-state index < -0.39 is 0 Å². The van der Waals surface area contributed by atoms with E-state index >= 15 is 0 Å². The standard InChI is InChI=1S/C14H21NO/c1-3-12-14(13(16)4-2)15(12)10-11-8-6-5-7-9-11/h5-9,12-14,16H,3-4,10H2,1-2H3/t12-,13-,14+,15?/m1/s1. The number of hydrogen-bond donors (Lipinski definition) is 1. The summed E-state index contributed by atoms with van der Waals surface area (Å²) < 4.78 is 0. The summed E-state index contributed by atoms with van der Waals surface area (Å²) in [6.45, 7) is 5.22. The maximum atomic E-state index is 9.91. The third-order valence-electron chi connectivity index (χ3n) is 3.55. The highest BCUT2D eigenvalue weighted by molar-refractivity contribution is 5.17. The zero-order valence-electron chi connectivity index (χ0n) is 10.1. The summed E-state index contributed by atoms with van der Waals surface area (Å²) in [7, 11) is 0. The van der Waals surface area contributed by atoms with Gasteiger partial charge in [0.15, 0.2) is 0 Å². The van der Waals surface area contributed by atoms with Crippen molar-refractivity contribution in [2.45, 2.75) is 51.4 Å². The Morgan fingerprint density at radius 1 is 1.25 bits per heavy atom. The van der Waals surface area contributed by atoms with Crippen molar-refractivity contribution in [2.24, 2.45) is 0 Å². The van der Waals surface area contributed by atoms with Crippen molar-refractivity contribution in [3.63, 3.8) is 0 Å². The number of aliphatic hydroxyl groups excluding tert-OH is 1. The van der Waals surface area contributed by atoms with E-state index in [1.54, 1.807) is 0 Å². The minimum absolute atomic E-state index is 0.159. The molecule has 1 unspecified atom stereocenters. The van der Waals surface area contributed by atoms with Gasteiger partial charge < -0.3 is 5.11 Å².